The normalized spacial score (nSPS) is 17.4. The Balaban J connectivity index is 0.00000261. The second kappa shape index (κ2) is 11.1. The first-order chi connectivity index (χ1) is 12.7. The van der Waals surface area contributed by atoms with Gasteiger partial charge in [-0.05, 0) is 30.5 Å². The maximum Gasteiger partial charge on any atom is 0.307 e. The van der Waals surface area contributed by atoms with Gasteiger partial charge in [0.1, 0.15) is 0 Å². The van der Waals surface area contributed by atoms with Gasteiger partial charge in [0.15, 0.2) is 0 Å². The number of piperidine rings is 1. The van der Waals surface area contributed by atoms with Crippen molar-refractivity contribution in [3.05, 3.63) is 71.8 Å². The fourth-order valence-corrected chi connectivity index (χ4v) is 3.61. The van der Waals surface area contributed by atoms with Gasteiger partial charge in [-0.15, -0.1) is 12.4 Å². The van der Waals surface area contributed by atoms with E-state index in [2.05, 4.69) is 53.4 Å². The molecule has 4 nitrogen and oxygen atoms in total. The Kier molecular flexibility index (Phi) is 8.79. The second-order valence-corrected chi connectivity index (χ2v) is 6.93. The molecule has 0 bridgehead atoms. The van der Waals surface area contributed by atoms with Crippen molar-refractivity contribution in [3.8, 4) is 0 Å². The predicted octanol–water partition coefficient (Wildman–Crippen LogP) is 4.05. The zero-order valence-electron chi connectivity index (χ0n) is 15.5. The summed E-state index contributed by atoms with van der Waals surface area (Å²) in [6, 6.07) is 20.9. The fraction of sp³-hybridized carbons (Fsp3) is 0.409. The van der Waals surface area contributed by atoms with Crippen molar-refractivity contribution < 1.29 is 14.6 Å². The van der Waals surface area contributed by atoms with Gasteiger partial charge in [-0.25, -0.2) is 0 Å². The maximum atomic E-state index is 11.2. The van der Waals surface area contributed by atoms with Gasteiger partial charge in [-0.1, -0.05) is 60.7 Å². The molecule has 0 radical (unpaired) electrons. The SMILES string of the molecule is Cl.O=C(O)[C@@H]1CCCN(CCOCC(c2ccccc2)c2ccccc2)C1. The van der Waals surface area contributed by atoms with Crippen LogP contribution in [-0.4, -0.2) is 48.8 Å². The monoisotopic (exact) mass is 389 g/mol. The number of hydrogen-bond acceptors (Lipinski definition) is 3. The number of hydrogen-bond donors (Lipinski definition) is 1. The number of carbonyl (C=O) groups is 1. The first kappa shape index (κ1) is 21.4. The molecule has 0 aliphatic carbocycles. The highest BCUT2D eigenvalue weighted by atomic mass is 35.5. The van der Waals surface area contributed by atoms with Crippen LogP contribution >= 0.6 is 12.4 Å². The lowest BCUT2D eigenvalue weighted by molar-refractivity contribution is -0.143. The molecule has 1 saturated heterocycles. The predicted molar refractivity (Wildman–Crippen MR) is 110 cm³/mol. The van der Waals surface area contributed by atoms with E-state index in [0.29, 0.717) is 19.8 Å². The lowest BCUT2D eigenvalue weighted by Gasteiger charge is -2.30. The van der Waals surface area contributed by atoms with Gasteiger partial charge >= 0.3 is 5.97 Å². The third-order valence-corrected chi connectivity index (χ3v) is 5.10. The average molecular weight is 390 g/mol. The number of carboxylic acid groups (broad SMARTS) is 1. The van der Waals surface area contributed by atoms with Crippen LogP contribution < -0.4 is 0 Å². The number of ether oxygens (including phenoxy) is 1. The molecule has 1 aliphatic rings. The van der Waals surface area contributed by atoms with Gasteiger partial charge in [0.2, 0.25) is 0 Å². The topological polar surface area (TPSA) is 49.8 Å². The van der Waals surface area contributed by atoms with E-state index in [1.165, 1.54) is 11.1 Å². The van der Waals surface area contributed by atoms with Crippen LogP contribution in [0, 0.1) is 5.92 Å². The lowest BCUT2D eigenvalue weighted by atomic mass is 9.92. The Morgan fingerprint density at radius 2 is 1.67 bits per heavy atom. The third kappa shape index (κ3) is 6.35. The molecule has 2 aromatic rings. The summed E-state index contributed by atoms with van der Waals surface area (Å²) in [5.74, 6) is -0.695. The Morgan fingerprint density at radius 1 is 1.07 bits per heavy atom. The molecule has 0 unspecified atom stereocenters. The first-order valence-electron chi connectivity index (χ1n) is 9.37. The summed E-state index contributed by atoms with van der Waals surface area (Å²) >= 11 is 0. The molecule has 1 aliphatic heterocycles. The highest BCUT2D eigenvalue weighted by Gasteiger charge is 2.25. The fourth-order valence-electron chi connectivity index (χ4n) is 3.61. The van der Waals surface area contributed by atoms with Gasteiger partial charge < -0.3 is 14.7 Å². The Hall–Kier alpha value is -1.88. The number of halogens is 1. The van der Waals surface area contributed by atoms with E-state index < -0.39 is 5.97 Å². The summed E-state index contributed by atoms with van der Waals surface area (Å²) in [7, 11) is 0. The van der Waals surface area contributed by atoms with E-state index in [1.807, 2.05) is 12.1 Å². The van der Waals surface area contributed by atoms with E-state index in [-0.39, 0.29) is 24.2 Å². The molecule has 0 amide bonds. The van der Waals surface area contributed by atoms with Crippen LogP contribution in [0.5, 0.6) is 0 Å². The molecule has 1 heterocycles. The van der Waals surface area contributed by atoms with Crippen LogP contribution in [0.15, 0.2) is 60.7 Å². The highest BCUT2D eigenvalue weighted by molar-refractivity contribution is 5.85. The lowest BCUT2D eigenvalue weighted by Crippen LogP contribution is -2.40. The highest BCUT2D eigenvalue weighted by Crippen LogP contribution is 2.25. The minimum atomic E-state index is -0.677. The number of benzene rings is 2. The molecule has 1 atom stereocenters. The minimum Gasteiger partial charge on any atom is -0.481 e. The molecular formula is C22H28ClNO3. The van der Waals surface area contributed by atoms with Gasteiger partial charge in [0.05, 0.1) is 19.1 Å². The van der Waals surface area contributed by atoms with Crippen molar-refractivity contribution in [2.45, 2.75) is 18.8 Å². The smallest absolute Gasteiger partial charge is 0.307 e. The molecule has 3 rings (SSSR count). The van der Waals surface area contributed by atoms with Crippen molar-refractivity contribution in [1.29, 1.82) is 0 Å². The number of rotatable bonds is 8. The molecule has 146 valence electrons. The van der Waals surface area contributed by atoms with Crippen LogP contribution in [0.3, 0.4) is 0 Å². The van der Waals surface area contributed by atoms with Gasteiger partial charge in [0.25, 0.3) is 0 Å². The van der Waals surface area contributed by atoms with Crippen molar-refractivity contribution in [2.75, 3.05) is 32.8 Å². The largest absolute Gasteiger partial charge is 0.481 e. The van der Waals surface area contributed by atoms with Crippen molar-refractivity contribution in [2.24, 2.45) is 5.92 Å². The van der Waals surface area contributed by atoms with Gasteiger partial charge in [0, 0.05) is 19.0 Å². The summed E-state index contributed by atoms with van der Waals surface area (Å²) in [6.45, 7) is 3.65. The summed E-state index contributed by atoms with van der Waals surface area (Å²) < 4.78 is 6.01. The quantitative estimate of drug-likeness (QED) is 0.692. The van der Waals surface area contributed by atoms with Crippen LogP contribution in [0.25, 0.3) is 0 Å². The molecule has 1 N–H and O–H groups in total. The number of nitrogens with zero attached hydrogens (tertiary/aromatic N) is 1. The molecular weight excluding hydrogens is 362 g/mol. The molecule has 27 heavy (non-hydrogen) atoms. The van der Waals surface area contributed by atoms with Crippen LogP contribution in [0.1, 0.15) is 29.9 Å². The Labute approximate surface area is 167 Å². The number of carboxylic acids is 1. The molecule has 0 saturated carbocycles. The van der Waals surface area contributed by atoms with Crippen LogP contribution in [0.2, 0.25) is 0 Å². The zero-order valence-corrected chi connectivity index (χ0v) is 16.3. The molecule has 0 spiro atoms. The molecule has 5 heteroatoms. The summed E-state index contributed by atoms with van der Waals surface area (Å²) in [5.41, 5.74) is 2.50. The van der Waals surface area contributed by atoms with Crippen molar-refractivity contribution in [1.82, 2.24) is 4.90 Å². The summed E-state index contributed by atoms with van der Waals surface area (Å²) in [6.07, 6.45) is 1.74. The molecule has 2 aromatic carbocycles. The molecule has 0 aromatic heterocycles. The Bertz CT molecular complexity index is 641. The van der Waals surface area contributed by atoms with Crippen LogP contribution in [0.4, 0.5) is 0 Å². The number of likely N-dealkylation sites (tertiary alicyclic amines) is 1. The Morgan fingerprint density at radius 3 is 2.22 bits per heavy atom. The second-order valence-electron chi connectivity index (χ2n) is 6.93. The molecule has 1 fully saturated rings. The standard InChI is InChI=1S/C22H27NO3.ClH/c24-22(25)20-12-7-13-23(16-20)14-15-26-17-21(18-8-3-1-4-9-18)19-10-5-2-6-11-19;/h1-6,8-11,20-21H,7,12-17H2,(H,24,25);1H/t20-;/m1./s1. The van der Waals surface area contributed by atoms with Crippen LogP contribution in [-0.2, 0) is 9.53 Å². The average Bonchev–Trinajstić information content (AvgIpc) is 2.69. The minimum absolute atomic E-state index is 0. The van der Waals surface area contributed by atoms with Gasteiger partial charge in [-0.3, -0.25) is 4.79 Å². The van der Waals surface area contributed by atoms with E-state index in [9.17, 15) is 9.90 Å². The van der Waals surface area contributed by atoms with Gasteiger partial charge in [-0.2, -0.15) is 0 Å². The summed E-state index contributed by atoms with van der Waals surface area (Å²) in [4.78, 5) is 13.4. The van der Waals surface area contributed by atoms with E-state index in [4.69, 9.17) is 4.74 Å². The number of aliphatic carboxylic acids is 1. The first-order valence-corrected chi connectivity index (χ1v) is 9.37. The zero-order chi connectivity index (χ0) is 18.2. The third-order valence-electron chi connectivity index (χ3n) is 5.10. The summed E-state index contributed by atoms with van der Waals surface area (Å²) in [5, 5.41) is 9.19. The maximum absolute atomic E-state index is 11.2. The van der Waals surface area contributed by atoms with Crippen molar-refractivity contribution >= 4 is 18.4 Å². The van der Waals surface area contributed by atoms with E-state index in [0.717, 1.165) is 25.9 Å². The van der Waals surface area contributed by atoms with Crippen molar-refractivity contribution in [3.63, 3.8) is 0 Å². The van der Waals surface area contributed by atoms with E-state index in [1.54, 1.807) is 0 Å². The van der Waals surface area contributed by atoms with E-state index >= 15 is 0 Å².